The van der Waals surface area contributed by atoms with Crippen LogP contribution in [0.15, 0.2) is 73.1 Å². The summed E-state index contributed by atoms with van der Waals surface area (Å²) in [7, 11) is 0. The second-order valence-electron chi connectivity index (χ2n) is 14.0. The van der Waals surface area contributed by atoms with Crippen LogP contribution in [0.5, 0.6) is 0 Å². The Kier molecular flexibility index (Phi) is 11.9. The first kappa shape index (κ1) is 37.9. The molecule has 50 heavy (non-hydrogen) atoms. The molecule has 2 atom stereocenters. The van der Waals surface area contributed by atoms with E-state index >= 15 is 4.39 Å². The average molecular weight is 697 g/mol. The number of anilines is 1. The second-order valence-corrected chi connectivity index (χ2v) is 14.0. The minimum absolute atomic E-state index is 0.0103. The molecule has 1 aliphatic rings. The first-order chi connectivity index (χ1) is 23.4. The van der Waals surface area contributed by atoms with Gasteiger partial charge in [0.1, 0.15) is 34.7 Å². The molecule has 1 aromatic heterocycles. The number of aromatic nitrogens is 1. The Morgan fingerprint density at radius 3 is 2.02 bits per heavy atom. The van der Waals surface area contributed by atoms with Crippen molar-refractivity contribution in [2.75, 3.05) is 25.0 Å². The minimum Gasteiger partial charge on any atom is -0.444 e. The van der Waals surface area contributed by atoms with Gasteiger partial charge in [0, 0.05) is 24.4 Å². The Morgan fingerprint density at radius 1 is 0.920 bits per heavy atom. The van der Waals surface area contributed by atoms with Crippen molar-refractivity contribution in [2.24, 2.45) is 0 Å². The second kappa shape index (κ2) is 15.8. The van der Waals surface area contributed by atoms with Crippen LogP contribution in [-0.2, 0) is 25.4 Å². The van der Waals surface area contributed by atoms with Gasteiger partial charge < -0.3 is 29.7 Å². The lowest BCUT2D eigenvalue weighted by atomic mass is 9.84. The zero-order chi connectivity index (χ0) is 36.8. The lowest BCUT2D eigenvalue weighted by Crippen LogP contribution is -2.49. The number of hydrogen-bond acceptors (Lipinski definition) is 7. The highest BCUT2D eigenvalue weighted by Crippen LogP contribution is 2.31. The molecule has 0 spiro atoms. The van der Waals surface area contributed by atoms with Crippen molar-refractivity contribution in [1.29, 1.82) is 0 Å². The lowest BCUT2D eigenvalue weighted by molar-refractivity contribution is -0.118. The molecule has 1 fully saturated rings. The van der Waals surface area contributed by atoms with Gasteiger partial charge in [-0.3, -0.25) is 9.78 Å². The van der Waals surface area contributed by atoms with Crippen molar-refractivity contribution < 1.29 is 41.8 Å². The van der Waals surface area contributed by atoms with Crippen LogP contribution >= 0.6 is 0 Å². The molecule has 0 saturated carbocycles. The zero-order valence-electron chi connectivity index (χ0n) is 29.0. The van der Waals surface area contributed by atoms with E-state index in [0.717, 1.165) is 6.20 Å². The molecule has 1 aliphatic heterocycles. The molecule has 3 aromatic rings. The fourth-order valence-electron chi connectivity index (χ4n) is 5.34. The number of rotatable bonds is 9. The van der Waals surface area contributed by atoms with Gasteiger partial charge in [0.15, 0.2) is 0 Å². The van der Waals surface area contributed by atoms with E-state index in [1.165, 1.54) is 59.6 Å². The predicted molar refractivity (Wildman–Crippen MR) is 181 cm³/mol. The minimum atomic E-state index is -1.43. The number of alkyl carbamates (subject to hydrolysis) is 1. The van der Waals surface area contributed by atoms with E-state index in [1.807, 2.05) is 0 Å². The summed E-state index contributed by atoms with van der Waals surface area (Å²) in [5.74, 6) is -3.56. The molecule has 0 aliphatic carbocycles. The molecule has 4 rings (SSSR count). The third-order valence-corrected chi connectivity index (χ3v) is 7.59. The van der Waals surface area contributed by atoms with Gasteiger partial charge in [-0.1, -0.05) is 30.8 Å². The standard InChI is InChI=1S/C37H43F3N4O6/c1-22(30-21-44(16-17-48-30)35(47)50-37(5,6)7)18-27-28(40)19-41-20-29(27)42-33(45)32(43-34(46)49-36(2,3)4)31(23-8-12-25(38)13-9-23)24-10-14-26(39)15-11-24/h8-15,19-20,30-32H,1,16-18,21H2,2-7H3,(H,42,45)(H,43,46)/t30-,32-/m0/s1. The highest BCUT2D eigenvalue weighted by Gasteiger charge is 2.35. The summed E-state index contributed by atoms with van der Waals surface area (Å²) >= 11 is 0. The highest BCUT2D eigenvalue weighted by atomic mass is 19.1. The number of halogens is 3. The largest absolute Gasteiger partial charge is 0.444 e. The number of amides is 3. The van der Waals surface area contributed by atoms with Gasteiger partial charge in [-0.25, -0.2) is 22.8 Å². The lowest BCUT2D eigenvalue weighted by Gasteiger charge is -2.35. The van der Waals surface area contributed by atoms with Crippen LogP contribution in [0, 0.1) is 17.5 Å². The van der Waals surface area contributed by atoms with Gasteiger partial charge in [-0.15, -0.1) is 0 Å². The molecule has 0 unspecified atom stereocenters. The summed E-state index contributed by atoms with van der Waals surface area (Å²) in [5, 5.41) is 5.31. The predicted octanol–water partition coefficient (Wildman–Crippen LogP) is 6.90. The summed E-state index contributed by atoms with van der Waals surface area (Å²) < 4.78 is 60.2. The molecule has 13 heteroatoms. The van der Waals surface area contributed by atoms with E-state index in [9.17, 15) is 23.2 Å². The van der Waals surface area contributed by atoms with E-state index in [1.54, 1.807) is 41.5 Å². The molecule has 2 N–H and O–H groups in total. The van der Waals surface area contributed by atoms with Crippen molar-refractivity contribution in [1.82, 2.24) is 15.2 Å². The summed E-state index contributed by atoms with van der Waals surface area (Å²) in [6.07, 6.45) is 0.0520. The monoisotopic (exact) mass is 696 g/mol. The molecule has 1 saturated heterocycles. The Hall–Kier alpha value is -4.91. The van der Waals surface area contributed by atoms with Crippen LogP contribution < -0.4 is 10.6 Å². The number of pyridine rings is 1. The van der Waals surface area contributed by atoms with Crippen molar-refractivity contribution in [2.45, 2.75) is 77.2 Å². The van der Waals surface area contributed by atoms with Crippen LogP contribution in [0.2, 0.25) is 0 Å². The molecule has 10 nitrogen and oxygen atoms in total. The number of nitrogens with zero attached hydrogens (tertiary/aromatic N) is 2. The van der Waals surface area contributed by atoms with E-state index in [2.05, 4.69) is 22.2 Å². The van der Waals surface area contributed by atoms with Crippen LogP contribution in [-0.4, -0.2) is 71.0 Å². The molecule has 268 valence electrons. The van der Waals surface area contributed by atoms with Crippen LogP contribution in [0.25, 0.3) is 0 Å². The topological polar surface area (TPSA) is 119 Å². The fourth-order valence-corrected chi connectivity index (χ4v) is 5.34. The molecule has 0 bridgehead atoms. The van der Waals surface area contributed by atoms with Gasteiger partial charge in [-0.2, -0.15) is 0 Å². The summed E-state index contributed by atoms with van der Waals surface area (Å²) in [4.78, 5) is 45.5. The third-order valence-electron chi connectivity index (χ3n) is 7.59. The van der Waals surface area contributed by atoms with Crippen molar-refractivity contribution in [3.05, 3.63) is 107 Å². The first-order valence-electron chi connectivity index (χ1n) is 16.1. The Balaban J connectivity index is 1.65. The molecule has 0 radical (unpaired) electrons. The van der Waals surface area contributed by atoms with Gasteiger partial charge in [0.2, 0.25) is 5.91 Å². The van der Waals surface area contributed by atoms with Gasteiger partial charge >= 0.3 is 12.2 Å². The summed E-state index contributed by atoms with van der Waals surface area (Å²) in [6.45, 7) is 15.0. The maximum atomic E-state index is 15.4. The number of carbonyl (C=O) groups is 3. The smallest absolute Gasteiger partial charge is 0.410 e. The quantitative estimate of drug-likeness (QED) is 0.234. The van der Waals surface area contributed by atoms with Gasteiger partial charge in [-0.05, 0) is 82.5 Å². The highest BCUT2D eigenvalue weighted by molar-refractivity contribution is 5.98. The molecule has 2 heterocycles. The average Bonchev–Trinajstić information content (AvgIpc) is 3.02. The maximum Gasteiger partial charge on any atom is 0.410 e. The number of ether oxygens (including phenoxy) is 3. The number of hydrogen-bond donors (Lipinski definition) is 2. The maximum absolute atomic E-state index is 15.4. The SMILES string of the molecule is C=C(Cc1c(F)cncc1NC(=O)[C@@H](NC(=O)OC(C)(C)C)C(c1ccc(F)cc1)c1ccc(F)cc1)[C@@H]1CN(C(=O)OC(C)(C)C)CCO1. The van der Waals surface area contributed by atoms with Crippen LogP contribution in [0.4, 0.5) is 28.4 Å². The zero-order valence-corrected chi connectivity index (χ0v) is 29.0. The first-order valence-corrected chi connectivity index (χ1v) is 16.1. The number of benzene rings is 2. The van der Waals surface area contributed by atoms with E-state index in [-0.39, 0.29) is 30.8 Å². The van der Waals surface area contributed by atoms with E-state index in [0.29, 0.717) is 23.2 Å². The van der Waals surface area contributed by atoms with Gasteiger partial charge in [0.25, 0.3) is 0 Å². The van der Waals surface area contributed by atoms with Crippen molar-refractivity contribution >= 4 is 23.8 Å². The summed E-state index contributed by atoms with van der Waals surface area (Å²) in [5.41, 5.74) is -0.327. The molecular weight excluding hydrogens is 653 g/mol. The van der Waals surface area contributed by atoms with Crippen LogP contribution in [0.1, 0.15) is 64.2 Å². The Morgan fingerprint density at radius 2 is 1.48 bits per heavy atom. The number of carbonyl (C=O) groups excluding carboxylic acids is 3. The number of morpholine rings is 1. The molecular formula is C37H43F3N4O6. The molecule has 2 aromatic carbocycles. The van der Waals surface area contributed by atoms with Crippen molar-refractivity contribution in [3.8, 4) is 0 Å². The fraction of sp³-hybridized carbons (Fsp3) is 0.405. The Bertz CT molecular complexity index is 1640. The third kappa shape index (κ3) is 10.5. The van der Waals surface area contributed by atoms with Gasteiger partial charge in [0.05, 0.1) is 37.3 Å². The van der Waals surface area contributed by atoms with E-state index < -0.39 is 64.8 Å². The van der Waals surface area contributed by atoms with Crippen molar-refractivity contribution in [3.63, 3.8) is 0 Å². The molecule has 3 amide bonds. The van der Waals surface area contributed by atoms with E-state index in [4.69, 9.17) is 14.2 Å². The normalized spacial score (nSPS) is 15.6. The number of nitrogens with one attached hydrogen (secondary N) is 2. The Labute approximate surface area is 290 Å². The van der Waals surface area contributed by atoms with Crippen LogP contribution in [0.3, 0.4) is 0 Å². The summed E-state index contributed by atoms with van der Waals surface area (Å²) in [6, 6.07) is 9.17.